The standard InChI is InChI=1S/C19H27ClN2O2/c1-22(2)19(23)17-4-3-15(12-18(17)20)24-16-10-14(11-16)9-13-5-7-21-8-6-13/h3-4,12-14,16,21H,5-11H2,1-2H3. The van der Waals surface area contributed by atoms with Gasteiger partial charge in [0, 0.05) is 14.1 Å². The third kappa shape index (κ3) is 4.22. The topological polar surface area (TPSA) is 41.6 Å². The number of piperidine rings is 1. The Morgan fingerprint density at radius 3 is 2.58 bits per heavy atom. The molecule has 1 aliphatic carbocycles. The van der Waals surface area contributed by atoms with Crippen LogP contribution in [-0.2, 0) is 0 Å². The summed E-state index contributed by atoms with van der Waals surface area (Å²) in [6, 6.07) is 5.37. The molecule has 1 aromatic rings. The predicted octanol–water partition coefficient (Wildman–Crippen LogP) is 3.59. The molecule has 0 bridgehead atoms. The lowest BCUT2D eigenvalue weighted by Crippen LogP contribution is -2.36. The first-order valence-corrected chi connectivity index (χ1v) is 9.29. The van der Waals surface area contributed by atoms with Crippen LogP contribution in [0.5, 0.6) is 5.75 Å². The summed E-state index contributed by atoms with van der Waals surface area (Å²) in [6.45, 7) is 2.35. The van der Waals surface area contributed by atoms with E-state index in [2.05, 4.69) is 5.32 Å². The number of hydrogen-bond donors (Lipinski definition) is 1. The largest absolute Gasteiger partial charge is 0.490 e. The number of hydrogen-bond acceptors (Lipinski definition) is 3. The smallest absolute Gasteiger partial charge is 0.254 e. The van der Waals surface area contributed by atoms with E-state index in [-0.39, 0.29) is 5.91 Å². The molecule has 132 valence electrons. The Hall–Kier alpha value is -1.26. The van der Waals surface area contributed by atoms with Crippen LogP contribution in [-0.4, -0.2) is 44.1 Å². The van der Waals surface area contributed by atoms with Gasteiger partial charge in [-0.15, -0.1) is 0 Å². The normalized spacial score (nSPS) is 24.3. The van der Waals surface area contributed by atoms with E-state index in [4.69, 9.17) is 16.3 Å². The van der Waals surface area contributed by atoms with Crippen molar-refractivity contribution in [2.45, 2.75) is 38.2 Å². The van der Waals surface area contributed by atoms with Crippen molar-refractivity contribution in [3.63, 3.8) is 0 Å². The molecule has 0 unspecified atom stereocenters. The van der Waals surface area contributed by atoms with Gasteiger partial charge in [-0.05, 0) is 75.2 Å². The van der Waals surface area contributed by atoms with E-state index >= 15 is 0 Å². The maximum atomic E-state index is 12.0. The van der Waals surface area contributed by atoms with Gasteiger partial charge in [0.2, 0.25) is 0 Å². The average molecular weight is 351 g/mol. The zero-order valence-corrected chi connectivity index (χ0v) is 15.3. The molecular formula is C19H27ClN2O2. The van der Waals surface area contributed by atoms with Gasteiger partial charge in [0.25, 0.3) is 5.91 Å². The van der Waals surface area contributed by atoms with E-state index < -0.39 is 0 Å². The van der Waals surface area contributed by atoms with Crippen LogP contribution in [0.1, 0.15) is 42.5 Å². The van der Waals surface area contributed by atoms with Crippen LogP contribution in [0, 0.1) is 11.8 Å². The van der Waals surface area contributed by atoms with Crippen molar-refractivity contribution in [3.05, 3.63) is 28.8 Å². The molecule has 1 heterocycles. The van der Waals surface area contributed by atoms with Crippen molar-refractivity contribution < 1.29 is 9.53 Å². The molecule has 0 spiro atoms. The monoisotopic (exact) mass is 350 g/mol. The van der Waals surface area contributed by atoms with E-state index in [9.17, 15) is 4.79 Å². The summed E-state index contributed by atoms with van der Waals surface area (Å²) in [6.07, 6.45) is 6.55. The van der Waals surface area contributed by atoms with Crippen LogP contribution in [0.25, 0.3) is 0 Å². The maximum absolute atomic E-state index is 12.0. The van der Waals surface area contributed by atoms with Gasteiger partial charge in [-0.1, -0.05) is 11.6 Å². The molecule has 0 atom stereocenters. The lowest BCUT2D eigenvalue weighted by atomic mass is 9.75. The zero-order chi connectivity index (χ0) is 17.1. The quantitative estimate of drug-likeness (QED) is 0.882. The summed E-state index contributed by atoms with van der Waals surface area (Å²) in [5, 5.41) is 3.88. The van der Waals surface area contributed by atoms with Crippen molar-refractivity contribution in [3.8, 4) is 5.75 Å². The van der Waals surface area contributed by atoms with E-state index in [0.717, 1.165) is 30.4 Å². The molecule has 1 N–H and O–H groups in total. The van der Waals surface area contributed by atoms with Gasteiger partial charge in [0.15, 0.2) is 0 Å². The van der Waals surface area contributed by atoms with Crippen molar-refractivity contribution in [2.24, 2.45) is 11.8 Å². The van der Waals surface area contributed by atoms with Gasteiger partial charge in [-0.2, -0.15) is 0 Å². The number of carbonyl (C=O) groups excluding carboxylic acids is 1. The highest BCUT2D eigenvalue weighted by Gasteiger charge is 2.33. The molecule has 4 nitrogen and oxygen atoms in total. The number of ether oxygens (including phenoxy) is 1. The molecule has 3 rings (SSSR count). The summed E-state index contributed by atoms with van der Waals surface area (Å²) >= 11 is 6.24. The molecule has 2 aliphatic rings. The number of carbonyl (C=O) groups is 1. The van der Waals surface area contributed by atoms with Gasteiger partial charge in [-0.25, -0.2) is 0 Å². The Labute approximate surface area is 149 Å². The van der Waals surface area contributed by atoms with Gasteiger partial charge in [0.05, 0.1) is 16.7 Å². The second-order valence-electron chi connectivity index (χ2n) is 7.35. The van der Waals surface area contributed by atoms with Gasteiger partial charge in [-0.3, -0.25) is 4.79 Å². The molecule has 5 heteroatoms. The van der Waals surface area contributed by atoms with Gasteiger partial charge >= 0.3 is 0 Å². The summed E-state index contributed by atoms with van der Waals surface area (Å²) in [7, 11) is 3.44. The minimum Gasteiger partial charge on any atom is -0.490 e. The fourth-order valence-electron chi connectivity index (χ4n) is 3.73. The number of rotatable bonds is 5. The second kappa shape index (κ2) is 7.75. The highest BCUT2D eigenvalue weighted by Crippen LogP contribution is 2.38. The Morgan fingerprint density at radius 1 is 1.25 bits per heavy atom. The first kappa shape index (κ1) is 17.6. The summed E-state index contributed by atoms with van der Waals surface area (Å²) in [5.74, 6) is 2.38. The first-order chi connectivity index (χ1) is 11.5. The van der Waals surface area contributed by atoms with Crippen LogP contribution in [0.15, 0.2) is 18.2 Å². The minimum absolute atomic E-state index is 0.0859. The van der Waals surface area contributed by atoms with Crippen molar-refractivity contribution in [2.75, 3.05) is 27.2 Å². The SMILES string of the molecule is CN(C)C(=O)c1ccc(OC2CC(CC3CCNCC3)C2)cc1Cl. The molecule has 1 aromatic carbocycles. The molecule has 24 heavy (non-hydrogen) atoms. The number of amides is 1. The van der Waals surface area contributed by atoms with E-state index in [1.807, 2.05) is 6.07 Å². The average Bonchev–Trinajstić information content (AvgIpc) is 2.53. The lowest BCUT2D eigenvalue weighted by molar-refractivity contribution is 0.0490. The fourth-order valence-corrected chi connectivity index (χ4v) is 3.98. The minimum atomic E-state index is -0.0859. The van der Waals surface area contributed by atoms with E-state index in [1.54, 1.807) is 26.2 Å². The Morgan fingerprint density at radius 2 is 1.96 bits per heavy atom. The maximum Gasteiger partial charge on any atom is 0.254 e. The zero-order valence-electron chi connectivity index (χ0n) is 14.6. The van der Waals surface area contributed by atoms with Crippen LogP contribution in [0.3, 0.4) is 0 Å². The number of nitrogens with one attached hydrogen (secondary N) is 1. The first-order valence-electron chi connectivity index (χ1n) is 8.91. The predicted molar refractivity (Wildman–Crippen MR) is 96.8 cm³/mol. The molecule has 1 saturated heterocycles. The Balaban J connectivity index is 1.47. The molecule has 1 saturated carbocycles. The van der Waals surface area contributed by atoms with E-state index in [1.165, 1.54) is 37.3 Å². The summed E-state index contributed by atoms with van der Waals surface area (Å²) in [5.41, 5.74) is 0.520. The number of nitrogens with zero attached hydrogens (tertiary/aromatic N) is 1. The summed E-state index contributed by atoms with van der Waals surface area (Å²) < 4.78 is 6.02. The molecule has 1 aliphatic heterocycles. The molecule has 0 radical (unpaired) electrons. The number of halogens is 1. The van der Waals surface area contributed by atoms with Gasteiger partial charge in [0.1, 0.15) is 5.75 Å². The fraction of sp³-hybridized carbons (Fsp3) is 0.632. The van der Waals surface area contributed by atoms with Gasteiger partial charge < -0.3 is 15.0 Å². The summed E-state index contributed by atoms with van der Waals surface area (Å²) in [4.78, 5) is 13.5. The second-order valence-corrected chi connectivity index (χ2v) is 7.75. The van der Waals surface area contributed by atoms with Crippen LogP contribution in [0.4, 0.5) is 0 Å². The van der Waals surface area contributed by atoms with Crippen molar-refractivity contribution in [1.82, 2.24) is 10.2 Å². The highest BCUT2D eigenvalue weighted by molar-refractivity contribution is 6.34. The number of benzene rings is 1. The third-order valence-corrected chi connectivity index (χ3v) is 5.51. The Bertz CT molecular complexity index is 579. The van der Waals surface area contributed by atoms with Crippen LogP contribution >= 0.6 is 11.6 Å². The Kier molecular flexibility index (Phi) is 5.67. The van der Waals surface area contributed by atoms with Crippen LogP contribution < -0.4 is 10.1 Å². The third-order valence-electron chi connectivity index (χ3n) is 5.20. The molecule has 2 fully saturated rings. The van der Waals surface area contributed by atoms with Crippen molar-refractivity contribution in [1.29, 1.82) is 0 Å². The molecule has 0 aromatic heterocycles. The molecule has 1 amide bonds. The van der Waals surface area contributed by atoms with E-state index in [0.29, 0.717) is 16.7 Å². The lowest BCUT2D eigenvalue weighted by Gasteiger charge is -2.38. The van der Waals surface area contributed by atoms with Crippen LogP contribution in [0.2, 0.25) is 5.02 Å². The van der Waals surface area contributed by atoms with Crippen molar-refractivity contribution >= 4 is 17.5 Å². The molecular weight excluding hydrogens is 324 g/mol. The highest BCUT2D eigenvalue weighted by atomic mass is 35.5.